The van der Waals surface area contributed by atoms with E-state index in [-0.39, 0.29) is 11.6 Å². The zero-order valence-corrected chi connectivity index (χ0v) is 25.1. The summed E-state index contributed by atoms with van der Waals surface area (Å²) in [5.74, 6) is -1.06. The molecule has 5 aromatic rings. The van der Waals surface area contributed by atoms with Gasteiger partial charge in [-0.25, -0.2) is 0 Å². The van der Waals surface area contributed by atoms with Crippen LogP contribution in [0.3, 0.4) is 0 Å². The molecular formula is C34H29ClN4O3S. The number of amides is 3. The molecule has 0 radical (unpaired) electrons. The van der Waals surface area contributed by atoms with E-state index in [1.165, 1.54) is 11.8 Å². The van der Waals surface area contributed by atoms with Crippen LogP contribution in [-0.2, 0) is 9.59 Å². The van der Waals surface area contributed by atoms with Crippen LogP contribution in [0, 0.1) is 6.92 Å². The van der Waals surface area contributed by atoms with Gasteiger partial charge in [0.1, 0.15) is 5.70 Å². The molecule has 1 unspecified atom stereocenters. The smallest absolute Gasteiger partial charge is 0.272 e. The Morgan fingerprint density at radius 3 is 2.40 bits per heavy atom. The Morgan fingerprint density at radius 1 is 0.860 bits per heavy atom. The van der Waals surface area contributed by atoms with Crippen LogP contribution >= 0.6 is 23.4 Å². The number of halogens is 1. The Kier molecular flexibility index (Phi) is 9.29. The number of thioether (sulfide) groups is 1. The molecule has 5 rings (SSSR count). The normalized spacial score (nSPS) is 12.0. The summed E-state index contributed by atoms with van der Waals surface area (Å²) < 4.78 is 0. The number of H-pyrrole nitrogens is 1. The van der Waals surface area contributed by atoms with Gasteiger partial charge in [-0.2, -0.15) is 0 Å². The second kappa shape index (κ2) is 13.5. The van der Waals surface area contributed by atoms with Crippen molar-refractivity contribution in [3.63, 3.8) is 0 Å². The number of aromatic nitrogens is 1. The van der Waals surface area contributed by atoms with E-state index in [1.807, 2.05) is 62.4 Å². The quantitative estimate of drug-likeness (QED) is 0.102. The van der Waals surface area contributed by atoms with Gasteiger partial charge < -0.3 is 20.9 Å². The van der Waals surface area contributed by atoms with E-state index in [9.17, 15) is 14.4 Å². The predicted octanol–water partition coefficient (Wildman–Crippen LogP) is 7.66. The second-order valence-electron chi connectivity index (χ2n) is 9.86. The van der Waals surface area contributed by atoms with Crippen LogP contribution in [0.2, 0.25) is 5.02 Å². The first-order valence-corrected chi connectivity index (χ1v) is 14.8. The number of nitrogens with one attached hydrogen (secondary N) is 4. The Labute approximate surface area is 258 Å². The Bertz CT molecular complexity index is 1830. The fourth-order valence-electron chi connectivity index (χ4n) is 4.33. The van der Waals surface area contributed by atoms with E-state index in [0.29, 0.717) is 22.0 Å². The first-order valence-electron chi connectivity index (χ1n) is 13.6. The van der Waals surface area contributed by atoms with Crippen molar-refractivity contribution in [2.75, 3.05) is 10.6 Å². The number of hydrogen-bond acceptors (Lipinski definition) is 4. The molecule has 4 aromatic carbocycles. The van der Waals surface area contributed by atoms with Crippen molar-refractivity contribution in [1.82, 2.24) is 10.3 Å². The van der Waals surface area contributed by atoms with E-state index < -0.39 is 17.1 Å². The third-order valence-corrected chi connectivity index (χ3v) is 8.16. The summed E-state index contributed by atoms with van der Waals surface area (Å²) in [6.07, 6.45) is 3.44. The van der Waals surface area contributed by atoms with Crippen LogP contribution in [0.25, 0.3) is 17.0 Å². The highest BCUT2D eigenvalue weighted by molar-refractivity contribution is 8.00. The minimum atomic E-state index is -0.487. The van der Waals surface area contributed by atoms with Gasteiger partial charge in [0.05, 0.1) is 5.25 Å². The van der Waals surface area contributed by atoms with Gasteiger partial charge in [-0.3, -0.25) is 14.4 Å². The highest BCUT2D eigenvalue weighted by Gasteiger charge is 2.18. The Balaban J connectivity index is 1.32. The second-order valence-corrected chi connectivity index (χ2v) is 11.7. The summed E-state index contributed by atoms with van der Waals surface area (Å²) >= 11 is 7.55. The fraction of sp³-hybridized carbons (Fsp3) is 0.0882. The van der Waals surface area contributed by atoms with E-state index >= 15 is 0 Å². The number of rotatable bonds is 9. The summed E-state index contributed by atoms with van der Waals surface area (Å²) in [4.78, 5) is 43.4. The number of aryl methyl sites for hydroxylation is 1. The lowest BCUT2D eigenvalue weighted by molar-refractivity contribution is -0.115. The molecule has 43 heavy (non-hydrogen) atoms. The molecule has 3 amide bonds. The molecule has 0 aliphatic rings. The molecule has 0 aliphatic heterocycles. The van der Waals surface area contributed by atoms with Gasteiger partial charge >= 0.3 is 0 Å². The number of hydrogen-bond donors (Lipinski definition) is 4. The maximum Gasteiger partial charge on any atom is 0.272 e. The van der Waals surface area contributed by atoms with E-state index in [2.05, 4.69) is 20.9 Å². The number of benzene rings is 4. The topological polar surface area (TPSA) is 103 Å². The third-order valence-electron chi connectivity index (χ3n) is 6.66. The maximum absolute atomic E-state index is 13.6. The highest BCUT2D eigenvalue weighted by atomic mass is 35.5. The van der Waals surface area contributed by atoms with E-state index in [1.54, 1.807) is 60.8 Å². The number of anilines is 2. The molecule has 7 nitrogen and oxygen atoms in total. The molecule has 0 bridgehead atoms. The molecule has 0 fully saturated rings. The lowest BCUT2D eigenvalue weighted by Gasteiger charge is -2.14. The average Bonchev–Trinajstić information content (AvgIpc) is 3.42. The fourth-order valence-corrected chi connectivity index (χ4v) is 5.44. The standard InChI is InChI=1S/C34H29ClN4O3S/c1-21-15-16-26(19-29(21)35)37-32(40)22(2)43-27-12-8-11-25(18-27)38-34(42)31(39-33(41)23-9-4-3-5-10-23)17-24-20-36-30-14-7-6-13-28(24)30/h3-20,22,36H,1-2H3,(H,37,40)(H,38,42)(H,39,41)/b31-17-. The van der Waals surface area contributed by atoms with Gasteiger partial charge in [-0.05, 0) is 74.0 Å². The van der Waals surface area contributed by atoms with Crippen LogP contribution in [0.1, 0.15) is 28.4 Å². The van der Waals surface area contributed by atoms with Gasteiger partial charge in [-0.15, -0.1) is 11.8 Å². The predicted molar refractivity (Wildman–Crippen MR) is 175 cm³/mol. The molecule has 9 heteroatoms. The zero-order chi connectivity index (χ0) is 30.3. The monoisotopic (exact) mass is 608 g/mol. The lowest BCUT2D eigenvalue weighted by Crippen LogP contribution is -2.30. The summed E-state index contributed by atoms with van der Waals surface area (Å²) in [5, 5.41) is 9.64. The number of aromatic amines is 1. The number of fused-ring (bicyclic) bond motifs is 1. The van der Waals surface area contributed by atoms with Crippen LogP contribution in [-0.4, -0.2) is 28.0 Å². The van der Waals surface area contributed by atoms with Crippen molar-refractivity contribution in [2.24, 2.45) is 0 Å². The average molecular weight is 609 g/mol. The molecule has 0 spiro atoms. The van der Waals surface area contributed by atoms with Gasteiger partial charge in [0.15, 0.2) is 0 Å². The van der Waals surface area contributed by atoms with Crippen LogP contribution < -0.4 is 16.0 Å². The Hall–Kier alpha value is -4.79. The molecule has 4 N–H and O–H groups in total. The van der Waals surface area contributed by atoms with Gasteiger partial charge in [0.2, 0.25) is 5.91 Å². The third kappa shape index (κ3) is 7.54. The molecule has 1 aromatic heterocycles. The molecule has 0 saturated heterocycles. The number of para-hydroxylation sites is 1. The largest absolute Gasteiger partial charge is 0.361 e. The van der Waals surface area contributed by atoms with Crippen molar-refractivity contribution in [2.45, 2.75) is 24.0 Å². The van der Waals surface area contributed by atoms with Crippen molar-refractivity contribution in [3.8, 4) is 0 Å². The molecule has 216 valence electrons. The number of carbonyl (C=O) groups excluding carboxylic acids is 3. The SMILES string of the molecule is Cc1ccc(NC(=O)C(C)Sc2cccc(NC(=O)/C(=C/c3c[nH]c4ccccc34)NC(=O)c3ccccc3)c2)cc1Cl. The first kappa shape index (κ1) is 29.7. The van der Waals surface area contributed by atoms with Crippen molar-refractivity contribution in [3.05, 3.63) is 131 Å². The summed E-state index contributed by atoms with van der Waals surface area (Å²) in [6.45, 7) is 3.71. The minimum Gasteiger partial charge on any atom is -0.361 e. The van der Waals surface area contributed by atoms with Gasteiger partial charge in [0.25, 0.3) is 11.8 Å². The lowest BCUT2D eigenvalue weighted by atomic mass is 10.1. The first-order chi connectivity index (χ1) is 20.8. The summed E-state index contributed by atoms with van der Waals surface area (Å²) in [6, 6.07) is 29.0. The molecule has 1 atom stereocenters. The molecular weight excluding hydrogens is 580 g/mol. The maximum atomic E-state index is 13.6. The van der Waals surface area contributed by atoms with Crippen molar-refractivity contribution >= 4 is 69.4 Å². The van der Waals surface area contributed by atoms with Crippen LogP contribution in [0.4, 0.5) is 11.4 Å². The molecule has 1 heterocycles. The molecule has 0 saturated carbocycles. The van der Waals surface area contributed by atoms with Gasteiger partial charge in [0, 0.05) is 49.5 Å². The van der Waals surface area contributed by atoms with Crippen molar-refractivity contribution in [1.29, 1.82) is 0 Å². The molecule has 0 aliphatic carbocycles. The summed E-state index contributed by atoms with van der Waals surface area (Å²) in [7, 11) is 0. The van der Waals surface area contributed by atoms with E-state index in [4.69, 9.17) is 11.6 Å². The Morgan fingerprint density at radius 2 is 1.60 bits per heavy atom. The zero-order valence-electron chi connectivity index (χ0n) is 23.5. The van der Waals surface area contributed by atoms with Crippen molar-refractivity contribution < 1.29 is 14.4 Å². The number of carbonyl (C=O) groups is 3. The van der Waals surface area contributed by atoms with E-state index in [0.717, 1.165) is 26.9 Å². The minimum absolute atomic E-state index is 0.0844. The van der Waals surface area contributed by atoms with Crippen LogP contribution in [0.5, 0.6) is 0 Å². The van der Waals surface area contributed by atoms with Gasteiger partial charge in [-0.1, -0.05) is 60.1 Å². The summed E-state index contributed by atoms with van der Waals surface area (Å²) in [5.41, 5.74) is 4.26. The highest BCUT2D eigenvalue weighted by Crippen LogP contribution is 2.28. The van der Waals surface area contributed by atoms with Crippen LogP contribution in [0.15, 0.2) is 114 Å².